The molecule has 2 aliphatic rings. The molecular formula is C32H33N3O5. The van der Waals surface area contributed by atoms with E-state index in [0.717, 1.165) is 36.1 Å². The van der Waals surface area contributed by atoms with E-state index in [2.05, 4.69) is 5.32 Å². The van der Waals surface area contributed by atoms with Crippen molar-refractivity contribution in [3.63, 3.8) is 0 Å². The maximum atomic E-state index is 13.0. The average Bonchev–Trinajstić information content (AvgIpc) is 2.99. The van der Waals surface area contributed by atoms with Gasteiger partial charge in [0.15, 0.2) is 6.10 Å². The summed E-state index contributed by atoms with van der Waals surface area (Å²) in [5.74, 6) is 0.562. The van der Waals surface area contributed by atoms with Crippen LogP contribution in [0, 0.1) is 0 Å². The van der Waals surface area contributed by atoms with Crippen molar-refractivity contribution in [3.05, 3.63) is 90.0 Å². The van der Waals surface area contributed by atoms with E-state index in [1.54, 1.807) is 31.2 Å². The smallest absolute Gasteiger partial charge is 0.268 e. The number of ether oxygens (including phenoxy) is 2. The average molecular weight is 540 g/mol. The summed E-state index contributed by atoms with van der Waals surface area (Å²) in [6, 6.07) is 22.5. The van der Waals surface area contributed by atoms with Crippen LogP contribution < -0.4 is 19.7 Å². The van der Waals surface area contributed by atoms with Crippen molar-refractivity contribution in [1.29, 1.82) is 0 Å². The predicted molar refractivity (Wildman–Crippen MR) is 154 cm³/mol. The number of hydrogen-bond donors (Lipinski definition) is 1. The number of nitrogens with one attached hydrogen (secondary N) is 1. The predicted octanol–water partition coefficient (Wildman–Crippen LogP) is 5.04. The SMILES string of the molecule is CC1Oc2ccc(NC(=O)/C=C/c3ccc(OCc4ccccc4)cc3)cc2N(CC(=O)N2CCCCC2)C1=O. The van der Waals surface area contributed by atoms with Gasteiger partial charge in [0.25, 0.3) is 5.91 Å². The van der Waals surface area contributed by atoms with Gasteiger partial charge in [-0.15, -0.1) is 0 Å². The first-order valence-corrected chi connectivity index (χ1v) is 13.6. The van der Waals surface area contributed by atoms with Gasteiger partial charge in [0.1, 0.15) is 24.7 Å². The van der Waals surface area contributed by atoms with E-state index in [-0.39, 0.29) is 24.3 Å². The summed E-state index contributed by atoms with van der Waals surface area (Å²) in [6.07, 6.45) is 5.54. The van der Waals surface area contributed by atoms with E-state index in [9.17, 15) is 14.4 Å². The standard InChI is InChI=1S/C32H33N3O5/c1-23-32(38)35(21-31(37)34-18-6-3-7-19-34)28-20-26(13-16-29(28)40-23)33-30(36)17-12-24-10-14-27(15-11-24)39-22-25-8-4-2-5-9-25/h2,4-5,8-17,20,23H,3,6-7,18-19,21-22H2,1H3,(H,33,36)/b17-12+. The Kier molecular flexibility index (Phi) is 8.44. The second kappa shape index (κ2) is 12.5. The summed E-state index contributed by atoms with van der Waals surface area (Å²) >= 11 is 0. The molecule has 1 atom stereocenters. The number of fused-ring (bicyclic) bond motifs is 1. The number of nitrogens with zero attached hydrogens (tertiary/aromatic N) is 2. The molecule has 40 heavy (non-hydrogen) atoms. The number of benzene rings is 3. The Balaban J connectivity index is 1.21. The minimum absolute atomic E-state index is 0.0537. The van der Waals surface area contributed by atoms with E-state index in [1.807, 2.05) is 59.5 Å². The van der Waals surface area contributed by atoms with Crippen LogP contribution in [-0.4, -0.2) is 48.4 Å². The van der Waals surface area contributed by atoms with Crippen LogP contribution in [0.1, 0.15) is 37.3 Å². The van der Waals surface area contributed by atoms with Crippen molar-refractivity contribution in [2.45, 2.75) is 38.9 Å². The van der Waals surface area contributed by atoms with Crippen molar-refractivity contribution in [3.8, 4) is 11.5 Å². The number of amides is 3. The first-order chi connectivity index (χ1) is 19.5. The van der Waals surface area contributed by atoms with E-state index >= 15 is 0 Å². The minimum Gasteiger partial charge on any atom is -0.489 e. The van der Waals surface area contributed by atoms with Crippen LogP contribution in [-0.2, 0) is 21.0 Å². The van der Waals surface area contributed by atoms with Gasteiger partial charge < -0.3 is 19.7 Å². The molecule has 8 heteroatoms. The monoisotopic (exact) mass is 539 g/mol. The van der Waals surface area contributed by atoms with Gasteiger partial charge in [0, 0.05) is 24.9 Å². The highest BCUT2D eigenvalue weighted by Crippen LogP contribution is 2.36. The molecule has 0 radical (unpaired) electrons. The molecule has 3 aromatic carbocycles. The summed E-state index contributed by atoms with van der Waals surface area (Å²) in [5, 5.41) is 2.84. The zero-order valence-electron chi connectivity index (χ0n) is 22.5. The Morgan fingerprint density at radius 2 is 1.75 bits per heavy atom. The van der Waals surface area contributed by atoms with Gasteiger partial charge in [-0.05, 0) is 73.7 Å². The molecule has 0 aliphatic carbocycles. The summed E-state index contributed by atoms with van der Waals surface area (Å²) in [4.78, 5) is 41.8. The maximum absolute atomic E-state index is 13.0. The van der Waals surface area contributed by atoms with Crippen LogP contribution in [0.3, 0.4) is 0 Å². The molecule has 206 valence electrons. The summed E-state index contributed by atoms with van der Waals surface area (Å²) in [5.41, 5.74) is 2.91. The van der Waals surface area contributed by atoms with Gasteiger partial charge in [-0.2, -0.15) is 0 Å². The number of hydrogen-bond acceptors (Lipinski definition) is 5. The number of carbonyl (C=O) groups is 3. The third-order valence-corrected chi connectivity index (χ3v) is 6.99. The van der Waals surface area contributed by atoms with E-state index < -0.39 is 6.10 Å². The molecule has 1 fully saturated rings. The Bertz CT molecular complexity index is 1380. The molecular weight excluding hydrogens is 506 g/mol. The Morgan fingerprint density at radius 3 is 2.50 bits per heavy atom. The Morgan fingerprint density at radius 1 is 1.00 bits per heavy atom. The normalized spacial score (nSPS) is 16.8. The fourth-order valence-corrected chi connectivity index (χ4v) is 4.80. The molecule has 8 nitrogen and oxygen atoms in total. The minimum atomic E-state index is -0.694. The largest absolute Gasteiger partial charge is 0.489 e. The molecule has 0 spiro atoms. The summed E-state index contributed by atoms with van der Waals surface area (Å²) < 4.78 is 11.6. The van der Waals surface area contributed by atoms with Crippen molar-refractivity contribution in [2.75, 3.05) is 29.9 Å². The second-order valence-electron chi connectivity index (χ2n) is 9.97. The molecule has 1 saturated heterocycles. The van der Waals surface area contributed by atoms with Gasteiger partial charge in [-0.3, -0.25) is 19.3 Å². The lowest BCUT2D eigenvalue weighted by Crippen LogP contribution is -2.50. The number of anilines is 2. The molecule has 2 aliphatic heterocycles. The molecule has 2 heterocycles. The van der Waals surface area contributed by atoms with Crippen molar-refractivity contribution in [2.24, 2.45) is 0 Å². The van der Waals surface area contributed by atoms with Crippen LogP contribution in [0.15, 0.2) is 78.9 Å². The lowest BCUT2D eigenvalue weighted by atomic mass is 10.1. The molecule has 3 aromatic rings. The van der Waals surface area contributed by atoms with Gasteiger partial charge in [0.05, 0.1) is 5.69 Å². The van der Waals surface area contributed by atoms with Crippen molar-refractivity contribution < 1.29 is 23.9 Å². The summed E-state index contributed by atoms with van der Waals surface area (Å²) in [7, 11) is 0. The molecule has 0 saturated carbocycles. The van der Waals surface area contributed by atoms with Crippen LogP contribution in [0.4, 0.5) is 11.4 Å². The van der Waals surface area contributed by atoms with Gasteiger partial charge in [-0.25, -0.2) is 0 Å². The quantitative estimate of drug-likeness (QED) is 0.405. The Hall–Kier alpha value is -4.59. The van der Waals surface area contributed by atoms with E-state index in [0.29, 0.717) is 36.8 Å². The molecule has 5 rings (SSSR count). The van der Waals surface area contributed by atoms with Crippen LogP contribution in [0.5, 0.6) is 11.5 Å². The maximum Gasteiger partial charge on any atom is 0.268 e. The van der Waals surface area contributed by atoms with Crippen LogP contribution in [0.25, 0.3) is 6.08 Å². The van der Waals surface area contributed by atoms with Crippen LogP contribution >= 0.6 is 0 Å². The van der Waals surface area contributed by atoms with Gasteiger partial charge >= 0.3 is 0 Å². The topological polar surface area (TPSA) is 88.2 Å². The highest BCUT2D eigenvalue weighted by molar-refractivity contribution is 6.06. The fraction of sp³-hybridized carbons (Fsp3) is 0.281. The van der Waals surface area contributed by atoms with Crippen molar-refractivity contribution >= 4 is 35.2 Å². The van der Waals surface area contributed by atoms with Crippen LogP contribution in [0.2, 0.25) is 0 Å². The molecule has 0 bridgehead atoms. The number of carbonyl (C=O) groups excluding carboxylic acids is 3. The highest BCUT2D eigenvalue weighted by atomic mass is 16.5. The van der Waals surface area contributed by atoms with E-state index in [4.69, 9.17) is 9.47 Å². The first-order valence-electron chi connectivity index (χ1n) is 13.6. The second-order valence-corrected chi connectivity index (χ2v) is 9.97. The lowest BCUT2D eigenvalue weighted by Gasteiger charge is -2.35. The summed E-state index contributed by atoms with van der Waals surface area (Å²) in [6.45, 7) is 3.53. The Labute approximate surface area is 234 Å². The molecule has 1 unspecified atom stereocenters. The van der Waals surface area contributed by atoms with Crippen molar-refractivity contribution in [1.82, 2.24) is 4.90 Å². The highest BCUT2D eigenvalue weighted by Gasteiger charge is 2.34. The number of piperidine rings is 1. The van der Waals surface area contributed by atoms with E-state index in [1.165, 1.54) is 11.0 Å². The zero-order valence-corrected chi connectivity index (χ0v) is 22.5. The first kappa shape index (κ1) is 27.0. The third-order valence-electron chi connectivity index (χ3n) is 6.99. The van der Waals surface area contributed by atoms with Gasteiger partial charge in [-0.1, -0.05) is 42.5 Å². The molecule has 3 amide bonds. The number of likely N-dealkylation sites (tertiary alicyclic amines) is 1. The lowest BCUT2D eigenvalue weighted by molar-refractivity contribution is -0.133. The zero-order chi connectivity index (χ0) is 27.9. The van der Waals surface area contributed by atoms with Gasteiger partial charge in [0.2, 0.25) is 11.8 Å². The third kappa shape index (κ3) is 6.69. The molecule has 0 aromatic heterocycles. The fourth-order valence-electron chi connectivity index (χ4n) is 4.80. The number of rotatable bonds is 8. The molecule has 1 N–H and O–H groups in total.